The maximum absolute atomic E-state index is 12.4. The lowest BCUT2D eigenvalue weighted by atomic mass is 9.40. The van der Waals surface area contributed by atoms with Gasteiger partial charge in [0.1, 0.15) is 24.9 Å². The fourth-order valence-electron chi connectivity index (χ4n) is 10.1. The first-order valence-electron chi connectivity index (χ1n) is 14.9. The molecular formula is C29H44O12. The molecule has 12 heteroatoms. The standard InChI is InChI=1S/C29H44O12/c1-13-22(34)23(35)24(36)25(40-13)41-15-8-19(32)28(12-30)21-17(3-5-27(28,37)9-15)29(38)6-4-16(14-7-20(33)39-11-14)26(29,2)10-18(21)31/h7,13,15-19,21-25,30-32,34-38H,3-6,8-12H2,1-2H3/t13-,15+,16+,17-,18+,19-,21+,22-,23+,24+,25+,26+,27-,28+,29+/m0/s1. The largest absolute Gasteiger partial charge is 0.458 e. The first kappa shape index (κ1) is 29.9. The number of ether oxygens (including phenoxy) is 3. The Balaban J connectivity index is 1.28. The number of cyclic esters (lactones) is 1. The van der Waals surface area contributed by atoms with Crippen LogP contribution in [0.15, 0.2) is 11.6 Å². The molecule has 15 atom stereocenters. The second-order valence-electron chi connectivity index (χ2n) is 13.8. The molecule has 0 aromatic carbocycles. The van der Waals surface area contributed by atoms with Crippen molar-refractivity contribution in [3.05, 3.63) is 11.6 Å². The van der Waals surface area contributed by atoms with Gasteiger partial charge in [0, 0.05) is 30.3 Å². The lowest BCUT2D eigenvalue weighted by Gasteiger charge is -2.68. The molecule has 0 amide bonds. The van der Waals surface area contributed by atoms with E-state index in [1.165, 1.54) is 13.0 Å². The van der Waals surface area contributed by atoms with Crippen LogP contribution in [0.2, 0.25) is 0 Å². The summed E-state index contributed by atoms with van der Waals surface area (Å²) < 4.78 is 16.7. The highest BCUT2D eigenvalue weighted by atomic mass is 16.7. The Labute approximate surface area is 238 Å². The molecule has 12 nitrogen and oxygen atoms in total. The average molecular weight is 585 g/mol. The van der Waals surface area contributed by atoms with Crippen LogP contribution in [0.4, 0.5) is 0 Å². The molecule has 2 aliphatic heterocycles. The molecule has 0 bridgehead atoms. The van der Waals surface area contributed by atoms with Crippen LogP contribution in [-0.4, -0.2) is 120 Å². The fraction of sp³-hybridized carbons (Fsp3) is 0.897. The van der Waals surface area contributed by atoms with Crippen molar-refractivity contribution in [2.75, 3.05) is 13.2 Å². The van der Waals surface area contributed by atoms with Gasteiger partial charge < -0.3 is 55.1 Å². The number of aliphatic hydroxyl groups is 8. The van der Waals surface area contributed by atoms with Gasteiger partial charge in [0.2, 0.25) is 0 Å². The molecule has 5 fully saturated rings. The van der Waals surface area contributed by atoms with Gasteiger partial charge in [-0.2, -0.15) is 0 Å². The highest BCUT2D eigenvalue weighted by Gasteiger charge is 2.75. The summed E-state index contributed by atoms with van der Waals surface area (Å²) in [5.74, 6) is -1.93. The summed E-state index contributed by atoms with van der Waals surface area (Å²) in [4.78, 5) is 11.8. The Hall–Kier alpha value is -1.19. The predicted molar refractivity (Wildman–Crippen MR) is 139 cm³/mol. The zero-order valence-corrected chi connectivity index (χ0v) is 23.5. The molecule has 0 aromatic heterocycles. The van der Waals surface area contributed by atoms with Gasteiger partial charge in [-0.3, -0.25) is 0 Å². The molecule has 4 aliphatic carbocycles. The second-order valence-corrected chi connectivity index (χ2v) is 13.8. The summed E-state index contributed by atoms with van der Waals surface area (Å²) in [7, 11) is 0. The van der Waals surface area contributed by atoms with E-state index in [1.54, 1.807) is 0 Å². The van der Waals surface area contributed by atoms with Crippen molar-refractivity contribution in [2.24, 2.45) is 28.6 Å². The van der Waals surface area contributed by atoms with Gasteiger partial charge in [-0.05, 0) is 56.4 Å². The molecule has 0 spiro atoms. The van der Waals surface area contributed by atoms with Gasteiger partial charge in [-0.25, -0.2) is 4.79 Å². The van der Waals surface area contributed by atoms with Gasteiger partial charge >= 0.3 is 5.97 Å². The molecule has 232 valence electrons. The lowest BCUT2D eigenvalue weighted by molar-refractivity contribution is -0.342. The van der Waals surface area contributed by atoms with Crippen LogP contribution in [0, 0.1) is 28.6 Å². The number of rotatable bonds is 4. The van der Waals surface area contributed by atoms with E-state index in [9.17, 15) is 45.6 Å². The number of carbonyl (C=O) groups is 1. The lowest BCUT2D eigenvalue weighted by Crippen LogP contribution is -2.76. The molecule has 1 saturated heterocycles. The molecule has 6 aliphatic rings. The molecule has 2 heterocycles. The first-order chi connectivity index (χ1) is 19.2. The van der Waals surface area contributed by atoms with Crippen LogP contribution in [-0.2, 0) is 19.0 Å². The van der Waals surface area contributed by atoms with Crippen LogP contribution >= 0.6 is 0 Å². The van der Waals surface area contributed by atoms with E-state index in [0.29, 0.717) is 19.3 Å². The number of aliphatic hydroxyl groups excluding tert-OH is 6. The molecular weight excluding hydrogens is 540 g/mol. The highest BCUT2D eigenvalue weighted by Crippen LogP contribution is 2.70. The van der Waals surface area contributed by atoms with Crippen molar-refractivity contribution in [3.8, 4) is 0 Å². The minimum absolute atomic E-state index is 0.0369. The van der Waals surface area contributed by atoms with E-state index >= 15 is 0 Å². The van der Waals surface area contributed by atoms with Crippen LogP contribution in [0.3, 0.4) is 0 Å². The van der Waals surface area contributed by atoms with Crippen molar-refractivity contribution in [3.63, 3.8) is 0 Å². The maximum Gasteiger partial charge on any atom is 0.331 e. The highest BCUT2D eigenvalue weighted by molar-refractivity contribution is 5.85. The number of carbonyl (C=O) groups excluding carboxylic acids is 1. The second kappa shape index (κ2) is 9.91. The molecule has 0 radical (unpaired) electrons. The Morgan fingerprint density at radius 2 is 1.76 bits per heavy atom. The van der Waals surface area contributed by atoms with Gasteiger partial charge in [0.05, 0.1) is 47.6 Å². The Kier molecular flexibility index (Phi) is 7.22. The van der Waals surface area contributed by atoms with E-state index in [4.69, 9.17) is 14.2 Å². The Morgan fingerprint density at radius 1 is 1.02 bits per heavy atom. The van der Waals surface area contributed by atoms with Crippen molar-refractivity contribution in [1.82, 2.24) is 0 Å². The minimum atomic E-state index is -1.67. The number of hydrogen-bond donors (Lipinski definition) is 8. The molecule has 8 N–H and O–H groups in total. The van der Waals surface area contributed by atoms with Crippen LogP contribution in [0.1, 0.15) is 58.8 Å². The van der Waals surface area contributed by atoms with Gasteiger partial charge in [0.25, 0.3) is 0 Å². The summed E-state index contributed by atoms with van der Waals surface area (Å²) in [6, 6.07) is 0. The third kappa shape index (κ3) is 3.99. The quantitative estimate of drug-likeness (QED) is 0.140. The summed E-state index contributed by atoms with van der Waals surface area (Å²) in [5.41, 5.74) is -4.46. The number of esters is 1. The van der Waals surface area contributed by atoms with Crippen molar-refractivity contribution in [1.29, 1.82) is 0 Å². The smallest absolute Gasteiger partial charge is 0.331 e. The Bertz CT molecular complexity index is 1080. The summed E-state index contributed by atoms with van der Waals surface area (Å²) in [5, 5.41) is 89.6. The maximum atomic E-state index is 12.4. The molecule has 41 heavy (non-hydrogen) atoms. The van der Waals surface area contributed by atoms with E-state index in [0.717, 1.165) is 5.57 Å². The van der Waals surface area contributed by atoms with Gasteiger partial charge in [-0.1, -0.05) is 6.92 Å². The average Bonchev–Trinajstić information content (AvgIpc) is 3.45. The van der Waals surface area contributed by atoms with Crippen LogP contribution in [0.5, 0.6) is 0 Å². The van der Waals surface area contributed by atoms with Crippen LogP contribution < -0.4 is 0 Å². The fourth-order valence-corrected chi connectivity index (χ4v) is 10.1. The predicted octanol–water partition coefficient (Wildman–Crippen LogP) is -1.51. The van der Waals surface area contributed by atoms with E-state index in [1.807, 2.05) is 6.92 Å². The minimum Gasteiger partial charge on any atom is -0.458 e. The zero-order chi connectivity index (χ0) is 29.7. The van der Waals surface area contributed by atoms with E-state index in [-0.39, 0.29) is 38.2 Å². The first-order valence-corrected chi connectivity index (χ1v) is 14.9. The van der Waals surface area contributed by atoms with Gasteiger partial charge in [-0.15, -0.1) is 0 Å². The summed E-state index contributed by atoms with van der Waals surface area (Å²) >= 11 is 0. The SMILES string of the molecule is C[C@@H]1O[C@H](O[C@@H]2C[C@H](O)[C@]3(CO)[C@H]4[C@H](O)C[C@]5(C)[C@@H](C6=CC(=O)OC6)CC[C@@]5(O)[C@H]4CC[C@]3(O)C2)[C@H](O)[C@H](O)[C@H]1O. The van der Waals surface area contributed by atoms with Crippen molar-refractivity contribution in [2.45, 2.75) is 119 Å². The van der Waals surface area contributed by atoms with Crippen molar-refractivity contribution >= 4 is 5.97 Å². The van der Waals surface area contributed by atoms with Gasteiger partial charge in [0.15, 0.2) is 6.29 Å². The number of hydrogen-bond acceptors (Lipinski definition) is 12. The molecule has 4 saturated carbocycles. The molecule has 6 rings (SSSR count). The number of fused-ring (bicyclic) bond motifs is 5. The van der Waals surface area contributed by atoms with E-state index < -0.39 is 95.5 Å². The zero-order valence-electron chi connectivity index (χ0n) is 23.5. The monoisotopic (exact) mass is 584 g/mol. The summed E-state index contributed by atoms with van der Waals surface area (Å²) in [6.45, 7) is 3.00. The van der Waals surface area contributed by atoms with E-state index in [2.05, 4.69) is 0 Å². The third-order valence-corrected chi connectivity index (χ3v) is 12.2. The molecule has 0 aromatic rings. The van der Waals surface area contributed by atoms with Crippen LogP contribution in [0.25, 0.3) is 0 Å². The Morgan fingerprint density at radius 3 is 2.41 bits per heavy atom. The third-order valence-electron chi connectivity index (χ3n) is 12.2. The summed E-state index contributed by atoms with van der Waals surface area (Å²) in [6.07, 6.45) is -6.68. The normalized spacial score (nSPS) is 56.9. The van der Waals surface area contributed by atoms with Crippen molar-refractivity contribution < 1.29 is 59.9 Å². The molecule has 0 unspecified atom stereocenters. The topological polar surface area (TPSA) is 207 Å².